The van der Waals surface area contributed by atoms with Gasteiger partial charge in [-0.15, -0.1) is 0 Å². The molecule has 1 atom stereocenters. The van der Waals surface area contributed by atoms with Crippen molar-refractivity contribution in [3.05, 3.63) is 29.8 Å². The third kappa shape index (κ3) is 3.55. The second-order valence-electron chi connectivity index (χ2n) is 4.52. The summed E-state index contributed by atoms with van der Waals surface area (Å²) >= 11 is 0. The molecule has 1 aliphatic rings. The molecule has 1 fully saturated rings. The molecule has 0 saturated heterocycles. The molecule has 1 aromatic carbocycles. The van der Waals surface area contributed by atoms with E-state index in [-0.39, 0.29) is 5.92 Å². The van der Waals surface area contributed by atoms with Crippen LogP contribution in [0.5, 0.6) is 5.75 Å². The number of rotatable bonds is 3. The van der Waals surface area contributed by atoms with E-state index in [1.54, 1.807) is 24.3 Å². The minimum absolute atomic E-state index is 0.350. The molecule has 5 heteroatoms. The van der Waals surface area contributed by atoms with Crippen molar-refractivity contribution in [1.29, 1.82) is 5.26 Å². The molecule has 19 heavy (non-hydrogen) atoms. The average Bonchev–Trinajstić information content (AvgIpc) is 2.46. The van der Waals surface area contributed by atoms with Gasteiger partial charge in [-0.2, -0.15) is 5.26 Å². The lowest BCUT2D eigenvalue weighted by Crippen LogP contribution is -2.22. The summed E-state index contributed by atoms with van der Waals surface area (Å²) in [5.41, 5.74) is 1.34. The van der Waals surface area contributed by atoms with Gasteiger partial charge in [-0.25, -0.2) is 0 Å². The van der Waals surface area contributed by atoms with Gasteiger partial charge in [-0.1, -0.05) is 5.16 Å². The van der Waals surface area contributed by atoms with Crippen LogP contribution in [0.2, 0.25) is 0 Å². The summed E-state index contributed by atoms with van der Waals surface area (Å²) in [6, 6.07) is 8.65. The number of carboxylic acids is 1. The van der Waals surface area contributed by atoms with Crippen molar-refractivity contribution < 1.29 is 14.7 Å². The van der Waals surface area contributed by atoms with Crippen molar-refractivity contribution in [2.24, 2.45) is 11.1 Å². The third-order valence-electron chi connectivity index (χ3n) is 3.11. The van der Waals surface area contributed by atoms with E-state index >= 15 is 0 Å². The number of hydrogen-bond acceptors (Lipinski definition) is 4. The lowest BCUT2D eigenvalue weighted by atomic mass is 9.88. The summed E-state index contributed by atoms with van der Waals surface area (Å²) in [4.78, 5) is 16.2. The lowest BCUT2D eigenvalue weighted by Gasteiger charge is -2.18. The van der Waals surface area contributed by atoms with E-state index in [0.717, 1.165) is 18.6 Å². The number of nitriles is 1. The standard InChI is InChI=1S/C14H14N2O3/c15-9-10-4-6-13(7-5-10)19-16-12-3-1-2-11(8-12)14(17)18/h4-7,11H,1-3,8H2,(H,17,18)/b16-12+. The van der Waals surface area contributed by atoms with Crippen LogP contribution in [0.15, 0.2) is 29.4 Å². The number of carboxylic acid groups (broad SMARTS) is 1. The van der Waals surface area contributed by atoms with E-state index in [1.807, 2.05) is 6.07 Å². The van der Waals surface area contributed by atoms with Gasteiger partial charge in [0.1, 0.15) is 0 Å². The summed E-state index contributed by atoms with van der Waals surface area (Å²) in [7, 11) is 0. The van der Waals surface area contributed by atoms with E-state index in [9.17, 15) is 4.79 Å². The van der Waals surface area contributed by atoms with E-state index in [2.05, 4.69) is 5.16 Å². The fourth-order valence-electron chi connectivity index (χ4n) is 2.04. The van der Waals surface area contributed by atoms with Gasteiger partial charge >= 0.3 is 5.97 Å². The molecule has 5 nitrogen and oxygen atoms in total. The Morgan fingerprint density at radius 2 is 2.16 bits per heavy atom. The number of hydrogen-bond donors (Lipinski definition) is 1. The molecule has 1 N–H and O–H groups in total. The fraction of sp³-hybridized carbons (Fsp3) is 0.357. The van der Waals surface area contributed by atoms with Crippen LogP contribution in [-0.4, -0.2) is 16.8 Å². The first kappa shape index (κ1) is 13.1. The van der Waals surface area contributed by atoms with E-state index in [1.165, 1.54) is 0 Å². The Kier molecular flexibility index (Phi) is 4.14. The molecule has 0 amide bonds. The van der Waals surface area contributed by atoms with Gasteiger partial charge < -0.3 is 9.94 Å². The highest BCUT2D eigenvalue weighted by Crippen LogP contribution is 2.23. The van der Waals surface area contributed by atoms with E-state index in [0.29, 0.717) is 24.2 Å². The van der Waals surface area contributed by atoms with E-state index in [4.69, 9.17) is 15.2 Å². The largest absolute Gasteiger partial charge is 0.481 e. The maximum atomic E-state index is 10.9. The molecular formula is C14H14N2O3. The van der Waals surface area contributed by atoms with Gasteiger partial charge in [0, 0.05) is 6.42 Å². The summed E-state index contributed by atoms with van der Waals surface area (Å²) in [5, 5.41) is 21.7. The quantitative estimate of drug-likeness (QED) is 0.844. The van der Waals surface area contributed by atoms with Crippen molar-refractivity contribution in [2.45, 2.75) is 25.7 Å². The van der Waals surface area contributed by atoms with Crippen LogP contribution >= 0.6 is 0 Å². The van der Waals surface area contributed by atoms with Crippen molar-refractivity contribution in [3.63, 3.8) is 0 Å². The smallest absolute Gasteiger partial charge is 0.306 e. The predicted octanol–water partition coefficient (Wildman–Crippen LogP) is 2.57. The van der Waals surface area contributed by atoms with Crippen LogP contribution in [-0.2, 0) is 4.79 Å². The zero-order chi connectivity index (χ0) is 13.7. The van der Waals surface area contributed by atoms with Gasteiger partial charge in [0.15, 0.2) is 5.75 Å². The van der Waals surface area contributed by atoms with Gasteiger partial charge in [0.25, 0.3) is 0 Å². The Morgan fingerprint density at radius 1 is 1.42 bits per heavy atom. The Bertz CT molecular complexity index is 529. The van der Waals surface area contributed by atoms with Crippen molar-refractivity contribution in [1.82, 2.24) is 0 Å². The summed E-state index contributed by atoms with van der Waals surface area (Å²) in [6.45, 7) is 0. The summed E-state index contributed by atoms with van der Waals surface area (Å²) in [5.74, 6) is -0.577. The minimum atomic E-state index is -0.772. The Hall–Kier alpha value is -2.35. The van der Waals surface area contributed by atoms with Crippen LogP contribution < -0.4 is 4.84 Å². The summed E-state index contributed by atoms with van der Waals surface area (Å²) in [6.07, 6.45) is 2.75. The molecule has 2 rings (SSSR count). The fourth-order valence-corrected chi connectivity index (χ4v) is 2.04. The van der Waals surface area contributed by atoms with Gasteiger partial charge in [0.05, 0.1) is 23.3 Å². The number of carbonyl (C=O) groups is 1. The third-order valence-corrected chi connectivity index (χ3v) is 3.11. The van der Waals surface area contributed by atoms with Gasteiger partial charge in [0.2, 0.25) is 0 Å². The molecule has 98 valence electrons. The first-order valence-corrected chi connectivity index (χ1v) is 6.15. The molecular weight excluding hydrogens is 244 g/mol. The van der Waals surface area contributed by atoms with Gasteiger partial charge in [-0.3, -0.25) is 4.79 Å². The molecule has 0 aromatic heterocycles. The predicted molar refractivity (Wildman–Crippen MR) is 68.8 cm³/mol. The maximum Gasteiger partial charge on any atom is 0.306 e. The van der Waals surface area contributed by atoms with Crippen LogP contribution in [0.25, 0.3) is 0 Å². The molecule has 1 unspecified atom stereocenters. The number of benzene rings is 1. The van der Waals surface area contributed by atoms with Crippen LogP contribution in [0.3, 0.4) is 0 Å². The van der Waals surface area contributed by atoms with Crippen LogP contribution in [0.1, 0.15) is 31.2 Å². The van der Waals surface area contributed by atoms with Crippen molar-refractivity contribution in [3.8, 4) is 11.8 Å². The maximum absolute atomic E-state index is 10.9. The van der Waals surface area contributed by atoms with Crippen LogP contribution in [0.4, 0.5) is 0 Å². The first-order chi connectivity index (χ1) is 9.19. The van der Waals surface area contributed by atoms with Crippen molar-refractivity contribution in [2.75, 3.05) is 0 Å². The second-order valence-corrected chi connectivity index (χ2v) is 4.52. The van der Waals surface area contributed by atoms with Gasteiger partial charge in [-0.05, 0) is 43.5 Å². The van der Waals surface area contributed by atoms with E-state index < -0.39 is 5.97 Å². The number of nitrogens with zero attached hydrogens (tertiary/aromatic N) is 2. The molecule has 0 radical (unpaired) electrons. The highest BCUT2D eigenvalue weighted by atomic mass is 16.6. The Morgan fingerprint density at radius 3 is 2.79 bits per heavy atom. The highest BCUT2D eigenvalue weighted by molar-refractivity contribution is 5.89. The van der Waals surface area contributed by atoms with Crippen LogP contribution in [0, 0.1) is 17.2 Å². The number of aliphatic carboxylic acids is 1. The molecule has 0 aliphatic heterocycles. The molecule has 1 aromatic rings. The molecule has 0 bridgehead atoms. The second kappa shape index (κ2) is 6.01. The molecule has 0 spiro atoms. The SMILES string of the molecule is N#Cc1ccc(O/N=C2\CCCC(C(=O)O)C2)cc1. The van der Waals surface area contributed by atoms with Crippen molar-refractivity contribution >= 4 is 11.7 Å². The zero-order valence-corrected chi connectivity index (χ0v) is 10.4. The normalized spacial score (nSPS) is 20.8. The number of oxime groups is 1. The monoisotopic (exact) mass is 258 g/mol. The Balaban J connectivity index is 1.97. The minimum Gasteiger partial charge on any atom is -0.481 e. The zero-order valence-electron chi connectivity index (χ0n) is 10.4. The molecule has 0 heterocycles. The summed E-state index contributed by atoms with van der Waals surface area (Å²) < 4.78 is 0. The molecule has 1 saturated carbocycles. The Labute approximate surface area is 111 Å². The topological polar surface area (TPSA) is 82.7 Å². The molecule has 1 aliphatic carbocycles. The first-order valence-electron chi connectivity index (χ1n) is 6.15. The average molecular weight is 258 g/mol. The lowest BCUT2D eigenvalue weighted by molar-refractivity contribution is -0.141. The highest BCUT2D eigenvalue weighted by Gasteiger charge is 2.24.